The van der Waals surface area contributed by atoms with Crippen LogP contribution in [0.5, 0.6) is 0 Å². The summed E-state index contributed by atoms with van der Waals surface area (Å²) in [5, 5.41) is 14.0. The van der Waals surface area contributed by atoms with E-state index in [9.17, 15) is 19.4 Å². The monoisotopic (exact) mass is 898 g/mol. The molecule has 0 fully saturated rings. The highest BCUT2D eigenvalue weighted by Crippen LogP contribution is 2.43. The fourth-order valence-electron chi connectivity index (χ4n) is 7.92. The van der Waals surface area contributed by atoms with Gasteiger partial charge in [0.05, 0.1) is 39.9 Å². The zero-order valence-corrected chi connectivity index (χ0v) is 42.8. The number of rotatable bonds is 49. The van der Waals surface area contributed by atoms with Gasteiger partial charge in [0.2, 0.25) is 5.91 Å². The second-order valence-electron chi connectivity index (χ2n) is 19.6. The number of nitrogens with zero attached hydrogens (tertiary/aromatic N) is 1. The van der Waals surface area contributed by atoms with Crippen LogP contribution < -0.4 is 5.32 Å². The maximum Gasteiger partial charge on any atom is 0.472 e. The number of hydrogen-bond donors (Lipinski definition) is 3. The van der Waals surface area contributed by atoms with Crippen molar-refractivity contribution in [2.24, 2.45) is 0 Å². The Labute approximate surface area is 385 Å². The SMILES string of the molecule is CCCCCCCC/C=C/CCCCCCCCCCCCCCCC(=O)N[C@@H](COP(=O)(O)OCC[N+](C)(C)C)[C@H](O)CCCC/C=C/CCCCCCCCCCCCC. The molecule has 0 bridgehead atoms. The highest BCUT2D eigenvalue weighted by molar-refractivity contribution is 7.47. The highest BCUT2D eigenvalue weighted by atomic mass is 31.2. The van der Waals surface area contributed by atoms with Crippen LogP contribution in [-0.4, -0.2) is 73.4 Å². The Bertz CT molecular complexity index is 1060. The summed E-state index contributed by atoms with van der Waals surface area (Å²) in [6.07, 6.45) is 55.1. The van der Waals surface area contributed by atoms with Crippen LogP contribution in [0.4, 0.5) is 0 Å². The van der Waals surface area contributed by atoms with Crippen molar-refractivity contribution in [1.29, 1.82) is 0 Å². The van der Waals surface area contributed by atoms with E-state index in [1.54, 1.807) is 0 Å². The van der Waals surface area contributed by atoms with Crippen molar-refractivity contribution in [3.05, 3.63) is 24.3 Å². The first-order valence-electron chi connectivity index (χ1n) is 26.7. The van der Waals surface area contributed by atoms with Crippen LogP contribution in [0.3, 0.4) is 0 Å². The van der Waals surface area contributed by atoms with Gasteiger partial charge in [-0.15, -0.1) is 0 Å². The van der Waals surface area contributed by atoms with E-state index in [4.69, 9.17) is 9.05 Å². The molecule has 0 aromatic carbocycles. The third-order valence-electron chi connectivity index (χ3n) is 12.2. The molecule has 1 amide bonds. The smallest absolute Gasteiger partial charge is 0.391 e. The Morgan fingerprint density at radius 3 is 1.24 bits per heavy atom. The van der Waals surface area contributed by atoms with Crippen molar-refractivity contribution in [3.63, 3.8) is 0 Å². The predicted molar refractivity (Wildman–Crippen MR) is 268 cm³/mol. The summed E-state index contributed by atoms with van der Waals surface area (Å²) >= 11 is 0. The number of aliphatic hydroxyl groups excluding tert-OH is 1. The number of hydrogen-bond acceptors (Lipinski definition) is 5. The van der Waals surface area contributed by atoms with Gasteiger partial charge in [-0.25, -0.2) is 4.57 Å². The summed E-state index contributed by atoms with van der Waals surface area (Å²) in [6.45, 7) is 4.89. The van der Waals surface area contributed by atoms with Crippen LogP contribution in [-0.2, 0) is 18.4 Å². The van der Waals surface area contributed by atoms with Crippen molar-refractivity contribution in [3.8, 4) is 0 Å². The van der Waals surface area contributed by atoms with Gasteiger partial charge < -0.3 is 19.8 Å². The van der Waals surface area contributed by atoms with Gasteiger partial charge in [-0.2, -0.15) is 0 Å². The van der Waals surface area contributed by atoms with Gasteiger partial charge >= 0.3 is 7.82 Å². The van der Waals surface area contributed by atoms with Crippen LogP contribution in [0.1, 0.15) is 258 Å². The minimum atomic E-state index is -4.33. The van der Waals surface area contributed by atoms with Gasteiger partial charge in [0.25, 0.3) is 0 Å². The Morgan fingerprint density at radius 1 is 0.532 bits per heavy atom. The number of carbonyl (C=O) groups is 1. The van der Waals surface area contributed by atoms with Crippen molar-refractivity contribution >= 4 is 13.7 Å². The zero-order chi connectivity index (χ0) is 45.7. The molecule has 62 heavy (non-hydrogen) atoms. The van der Waals surface area contributed by atoms with E-state index in [-0.39, 0.29) is 19.1 Å². The minimum absolute atomic E-state index is 0.0709. The number of unbranched alkanes of at least 4 members (excludes halogenated alkanes) is 32. The molecule has 8 nitrogen and oxygen atoms in total. The molecule has 3 atom stereocenters. The first-order chi connectivity index (χ1) is 30.0. The molecule has 0 radical (unpaired) electrons. The quantitative estimate of drug-likeness (QED) is 0.0243. The molecular formula is C53H106N2O6P+. The van der Waals surface area contributed by atoms with E-state index in [0.717, 1.165) is 44.9 Å². The number of likely N-dealkylation sites (N-methyl/N-ethyl adjacent to an activating group) is 1. The van der Waals surface area contributed by atoms with E-state index >= 15 is 0 Å². The topological polar surface area (TPSA) is 105 Å². The number of aliphatic hydroxyl groups is 1. The molecule has 0 aromatic rings. The first kappa shape index (κ1) is 61.0. The molecule has 368 valence electrons. The molecule has 0 aliphatic carbocycles. The number of phosphoric ester groups is 1. The molecule has 3 N–H and O–H groups in total. The second-order valence-corrected chi connectivity index (χ2v) is 21.0. The van der Waals surface area contributed by atoms with Crippen molar-refractivity contribution in [1.82, 2.24) is 5.32 Å². The lowest BCUT2D eigenvalue weighted by atomic mass is 10.0. The van der Waals surface area contributed by atoms with E-state index in [1.165, 1.54) is 186 Å². The second kappa shape index (κ2) is 45.1. The number of allylic oxidation sites excluding steroid dienone is 4. The maximum atomic E-state index is 13.0. The van der Waals surface area contributed by atoms with Gasteiger partial charge in [-0.05, 0) is 64.2 Å². The molecule has 0 aromatic heterocycles. The summed E-state index contributed by atoms with van der Waals surface area (Å²) in [7, 11) is 1.61. The predicted octanol–water partition coefficient (Wildman–Crippen LogP) is 15.6. The van der Waals surface area contributed by atoms with E-state index < -0.39 is 20.0 Å². The number of quaternary nitrogens is 1. The molecule has 0 aliphatic rings. The Balaban J connectivity index is 4.22. The van der Waals surface area contributed by atoms with Gasteiger partial charge in [-0.3, -0.25) is 13.8 Å². The van der Waals surface area contributed by atoms with Crippen molar-refractivity contribution in [2.45, 2.75) is 270 Å². The average Bonchev–Trinajstić information content (AvgIpc) is 3.23. The molecular weight excluding hydrogens is 792 g/mol. The molecule has 0 heterocycles. The van der Waals surface area contributed by atoms with Gasteiger partial charge in [-0.1, -0.05) is 212 Å². The van der Waals surface area contributed by atoms with E-state index in [1.807, 2.05) is 21.1 Å². The van der Waals surface area contributed by atoms with Crippen LogP contribution in [0, 0.1) is 0 Å². The lowest BCUT2D eigenvalue weighted by Crippen LogP contribution is -2.46. The fourth-order valence-corrected chi connectivity index (χ4v) is 8.66. The molecule has 0 spiro atoms. The number of phosphoric acid groups is 1. The van der Waals surface area contributed by atoms with E-state index in [2.05, 4.69) is 43.5 Å². The zero-order valence-electron chi connectivity index (χ0n) is 41.9. The number of amides is 1. The lowest BCUT2D eigenvalue weighted by molar-refractivity contribution is -0.870. The normalized spacial score (nSPS) is 14.2. The van der Waals surface area contributed by atoms with Crippen molar-refractivity contribution < 1.29 is 32.9 Å². The maximum absolute atomic E-state index is 13.0. The van der Waals surface area contributed by atoms with Gasteiger partial charge in [0, 0.05) is 6.42 Å². The molecule has 0 rings (SSSR count). The van der Waals surface area contributed by atoms with E-state index in [0.29, 0.717) is 23.9 Å². The standard InChI is InChI=1S/C53H105N2O6P/c1-6-8-10-12-14-16-18-20-22-24-25-26-27-28-29-31-33-35-37-39-41-43-45-47-53(57)54-51(50-61-62(58,59)60-49-48-55(3,4)5)52(56)46-44-42-40-38-36-34-32-30-23-21-19-17-15-13-11-9-7-2/h20,22,36,38,51-52,56H,6-19,21,23-35,37,39-50H2,1-5H3,(H-,54,57,58,59)/p+1/b22-20+,38-36+/t51-,52+/m0/s1. The third kappa shape index (κ3) is 47.0. The Morgan fingerprint density at radius 2 is 0.871 bits per heavy atom. The molecule has 9 heteroatoms. The Hall–Kier alpha value is -1.02. The minimum Gasteiger partial charge on any atom is -0.391 e. The summed E-state index contributed by atoms with van der Waals surface area (Å²) in [6, 6.07) is -0.775. The average molecular weight is 898 g/mol. The van der Waals surface area contributed by atoms with Gasteiger partial charge in [0.15, 0.2) is 0 Å². The third-order valence-corrected chi connectivity index (χ3v) is 13.2. The summed E-state index contributed by atoms with van der Waals surface area (Å²) in [5.41, 5.74) is 0. The fraction of sp³-hybridized carbons (Fsp3) is 0.906. The molecule has 0 saturated carbocycles. The number of nitrogens with one attached hydrogen (secondary N) is 1. The summed E-state index contributed by atoms with van der Waals surface area (Å²) in [5.74, 6) is -0.151. The summed E-state index contributed by atoms with van der Waals surface area (Å²) in [4.78, 5) is 23.3. The van der Waals surface area contributed by atoms with Crippen LogP contribution >= 0.6 is 7.82 Å². The molecule has 0 saturated heterocycles. The van der Waals surface area contributed by atoms with Crippen LogP contribution in [0.25, 0.3) is 0 Å². The van der Waals surface area contributed by atoms with Crippen LogP contribution in [0.15, 0.2) is 24.3 Å². The largest absolute Gasteiger partial charge is 0.472 e. The number of carbonyl (C=O) groups excluding carboxylic acids is 1. The summed E-state index contributed by atoms with van der Waals surface area (Å²) < 4.78 is 23.7. The van der Waals surface area contributed by atoms with Gasteiger partial charge in [0.1, 0.15) is 13.2 Å². The highest BCUT2D eigenvalue weighted by Gasteiger charge is 2.28. The molecule has 0 aliphatic heterocycles. The lowest BCUT2D eigenvalue weighted by Gasteiger charge is -2.26. The van der Waals surface area contributed by atoms with Crippen molar-refractivity contribution in [2.75, 3.05) is 40.9 Å². The first-order valence-corrected chi connectivity index (χ1v) is 28.2. The van der Waals surface area contributed by atoms with Crippen LogP contribution in [0.2, 0.25) is 0 Å². The Kier molecular flexibility index (Phi) is 44.4. The molecule has 1 unspecified atom stereocenters.